The number of piperidine rings is 1. The number of para-hydroxylation sites is 1. The Labute approximate surface area is 209 Å². The van der Waals surface area contributed by atoms with Gasteiger partial charge in [0.05, 0.1) is 27.4 Å². The number of fused-ring (bicyclic) bond motifs is 1. The lowest BCUT2D eigenvalue weighted by Crippen LogP contribution is -2.37. The zero-order valence-electron chi connectivity index (χ0n) is 19.4. The second kappa shape index (κ2) is 9.85. The summed E-state index contributed by atoms with van der Waals surface area (Å²) in [5.74, 6) is 0.277. The summed E-state index contributed by atoms with van der Waals surface area (Å²) >= 11 is 1.44. The third-order valence-corrected chi connectivity index (χ3v) is 9.26. The highest BCUT2D eigenvalue weighted by Crippen LogP contribution is 2.31. The van der Waals surface area contributed by atoms with Gasteiger partial charge in [-0.2, -0.15) is 4.31 Å². The average Bonchev–Trinajstić information content (AvgIpc) is 3.32. The van der Waals surface area contributed by atoms with E-state index in [-0.39, 0.29) is 17.3 Å². The summed E-state index contributed by atoms with van der Waals surface area (Å²) in [5.41, 5.74) is 1.95. The van der Waals surface area contributed by atoms with E-state index in [1.807, 2.05) is 42.5 Å². The Morgan fingerprint density at radius 3 is 2.43 bits per heavy atom. The molecule has 2 aromatic heterocycles. The Balaban J connectivity index is 1.44. The first kappa shape index (κ1) is 23.6. The number of hydrogen-bond donors (Lipinski definition) is 0. The summed E-state index contributed by atoms with van der Waals surface area (Å²) in [7, 11) is -3.58. The molecule has 1 aliphatic heterocycles. The SMILES string of the molecule is CC1CCN(S(=O)(=O)c2ccc(C(=O)N(Cc3ccccn3)c3nc4ccccc4s3)cc2)CC1. The van der Waals surface area contributed by atoms with Gasteiger partial charge >= 0.3 is 0 Å². The third-order valence-electron chi connectivity index (χ3n) is 6.29. The van der Waals surface area contributed by atoms with Gasteiger partial charge < -0.3 is 0 Å². The van der Waals surface area contributed by atoms with Crippen molar-refractivity contribution in [3.05, 3.63) is 84.2 Å². The molecule has 1 saturated heterocycles. The second-order valence-electron chi connectivity index (χ2n) is 8.79. The van der Waals surface area contributed by atoms with Crippen LogP contribution in [0.3, 0.4) is 0 Å². The van der Waals surface area contributed by atoms with Crippen LogP contribution in [0, 0.1) is 5.92 Å². The van der Waals surface area contributed by atoms with Crippen LogP contribution < -0.4 is 4.90 Å². The van der Waals surface area contributed by atoms with Gasteiger partial charge in [0.25, 0.3) is 5.91 Å². The van der Waals surface area contributed by atoms with Crippen molar-refractivity contribution in [2.24, 2.45) is 5.92 Å². The van der Waals surface area contributed by atoms with Crippen molar-refractivity contribution in [2.75, 3.05) is 18.0 Å². The van der Waals surface area contributed by atoms with Crippen LogP contribution in [-0.2, 0) is 16.6 Å². The molecule has 0 atom stereocenters. The number of sulfonamides is 1. The predicted molar refractivity (Wildman–Crippen MR) is 138 cm³/mol. The van der Waals surface area contributed by atoms with Gasteiger partial charge in [0, 0.05) is 24.8 Å². The van der Waals surface area contributed by atoms with Crippen molar-refractivity contribution in [1.29, 1.82) is 0 Å². The largest absolute Gasteiger partial charge is 0.278 e. The molecule has 2 aromatic carbocycles. The first-order chi connectivity index (χ1) is 16.9. The molecule has 7 nitrogen and oxygen atoms in total. The maximum atomic E-state index is 13.6. The van der Waals surface area contributed by atoms with Crippen molar-refractivity contribution in [2.45, 2.75) is 31.2 Å². The van der Waals surface area contributed by atoms with Gasteiger partial charge in [-0.05, 0) is 67.3 Å². The van der Waals surface area contributed by atoms with E-state index in [9.17, 15) is 13.2 Å². The fourth-order valence-corrected chi connectivity index (χ4v) is 6.59. The summed E-state index contributed by atoms with van der Waals surface area (Å²) in [6, 6.07) is 19.5. The molecule has 0 saturated carbocycles. The first-order valence-corrected chi connectivity index (χ1v) is 13.8. The van der Waals surface area contributed by atoms with Gasteiger partial charge in [-0.15, -0.1) is 0 Å². The number of benzene rings is 2. The van der Waals surface area contributed by atoms with Gasteiger partial charge in [-0.25, -0.2) is 13.4 Å². The molecule has 0 bridgehead atoms. The van der Waals surface area contributed by atoms with Crippen molar-refractivity contribution < 1.29 is 13.2 Å². The van der Waals surface area contributed by atoms with Gasteiger partial charge in [0.1, 0.15) is 0 Å². The smallest absolute Gasteiger partial charge is 0.260 e. The summed E-state index contributed by atoms with van der Waals surface area (Å²) < 4.78 is 28.7. The van der Waals surface area contributed by atoms with E-state index in [1.54, 1.807) is 27.5 Å². The minimum atomic E-state index is -3.58. The van der Waals surface area contributed by atoms with Crippen LogP contribution in [0.5, 0.6) is 0 Å². The lowest BCUT2D eigenvalue weighted by molar-refractivity contribution is 0.0984. The van der Waals surface area contributed by atoms with Crippen molar-refractivity contribution in [3.8, 4) is 0 Å². The van der Waals surface area contributed by atoms with E-state index in [2.05, 4.69) is 16.9 Å². The number of amides is 1. The summed E-state index contributed by atoms with van der Waals surface area (Å²) in [6.45, 7) is 3.46. The van der Waals surface area contributed by atoms with Gasteiger partial charge in [0.2, 0.25) is 10.0 Å². The highest BCUT2D eigenvalue weighted by atomic mass is 32.2. The fraction of sp³-hybridized carbons (Fsp3) is 0.269. The van der Waals surface area contributed by atoms with E-state index in [4.69, 9.17) is 0 Å². The molecule has 0 aliphatic carbocycles. The molecule has 5 rings (SSSR count). The van der Waals surface area contributed by atoms with Crippen LogP contribution in [0.25, 0.3) is 10.2 Å². The molecular formula is C26H26N4O3S2. The van der Waals surface area contributed by atoms with Crippen LogP contribution >= 0.6 is 11.3 Å². The number of thiazole rings is 1. The lowest BCUT2D eigenvalue weighted by atomic mass is 10.0. The minimum Gasteiger partial charge on any atom is -0.278 e. The van der Waals surface area contributed by atoms with Gasteiger partial charge in [0.15, 0.2) is 5.13 Å². The molecule has 4 aromatic rings. The summed E-state index contributed by atoms with van der Waals surface area (Å²) in [6.07, 6.45) is 3.41. The summed E-state index contributed by atoms with van der Waals surface area (Å²) in [4.78, 5) is 24.5. The fourth-order valence-electron chi connectivity index (χ4n) is 4.16. The van der Waals surface area contributed by atoms with Crippen LogP contribution in [0.15, 0.2) is 77.8 Å². The molecule has 35 heavy (non-hydrogen) atoms. The predicted octanol–water partition coefficient (Wildman–Crippen LogP) is 4.96. The minimum absolute atomic E-state index is 0.208. The van der Waals surface area contributed by atoms with E-state index < -0.39 is 10.0 Å². The topological polar surface area (TPSA) is 83.5 Å². The Hall–Kier alpha value is -3.14. The highest BCUT2D eigenvalue weighted by Gasteiger charge is 2.29. The first-order valence-electron chi connectivity index (χ1n) is 11.6. The number of nitrogens with zero attached hydrogens (tertiary/aromatic N) is 4. The molecule has 1 aliphatic rings. The zero-order valence-corrected chi connectivity index (χ0v) is 21.0. The van der Waals surface area contributed by atoms with Crippen molar-refractivity contribution in [1.82, 2.24) is 14.3 Å². The highest BCUT2D eigenvalue weighted by molar-refractivity contribution is 7.89. The number of aromatic nitrogens is 2. The molecule has 0 spiro atoms. The molecule has 0 unspecified atom stereocenters. The third kappa shape index (κ3) is 4.98. The van der Waals surface area contributed by atoms with Crippen molar-refractivity contribution >= 4 is 42.6 Å². The second-order valence-corrected chi connectivity index (χ2v) is 11.7. The van der Waals surface area contributed by atoms with Gasteiger partial charge in [-0.1, -0.05) is 36.5 Å². The molecule has 1 fully saturated rings. The molecular weight excluding hydrogens is 480 g/mol. The van der Waals surface area contributed by atoms with Crippen LogP contribution in [0.4, 0.5) is 5.13 Å². The lowest BCUT2D eigenvalue weighted by Gasteiger charge is -2.29. The number of rotatable bonds is 6. The average molecular weight is 507 g/mol. The Morgan fingerprint density at radius 1 is 1.03 bits per heavy atom. The van der Waals surface area contributed by atoms with Crippen LogP contribution in [-0.4, -0.2) is 41.7 Å². The van der Waals surface area contributed by atoms with E-state index in [1.165, 1.54) is 23.5 Å². The zero-order chi connectivity index (χ0) is 24.4. The van der Waals surface area contributed by atoms with Crippen molar-refractivity contribution in [3.63, 3.8) is 0 Å². The maximum Gasteiger partial charge on any atom is 0.260 e. The Kier molecular flexibility index (Phi) is 6.64. The molecule has 180 valence electrons. The molecule has 0 radical (unpaired) electrons. The van der Waals surface area contributed by atoms with Crippen LogP contribution in [0.2, 0.25) is 0 Å². The molecule has 9 heteroatoms. The van der Waals surface area contributed by atoms with Crippen LogP contribution in [0.1, 0.15) is 35.8 Å². The number of pyridine rings is 1. The Morgan fingerprint density at radius 2 is 1.74 bits per heavy atom. The number of hydrogen-bond acceptors (Lipinski definition) is 6. The Bertz CT molecular complexity index is 1400. The normalized spacial score (nSPS) is 15.3. The quantitative estimate of drug-likeness (QED) is 0.369. The maximum absolute atomic E-state index is 13.6. The van der Waals surface area contributed by atoms with E-state index >= 15 is 0 Å². The number of anilines is 1. The number of carbonyl (C=O) groups is 1. The summed E-state index contributed by atoms with van der Waals surface area (Å²) in [5, 5.41) is 0.570. The standard InChI is InChI=1S/C26H26N4O3S2/c1-19-13-16-29(17-14-19)35(32,33)22-11-9-20(10-12-22)25(31)30(18-21-6-4-5-15-27-21)26-28-23-7-2-3-8-24(23)34-26/h2-12,15,19H,13-14,16-18H2,1H3. The van der Waals surface area contributed by atoms with E-state index in [0.717, 1.165) is 28.8 Å². The van der Waals surface area contributed by atoms with Gasteiger partial charge in [-0.3, -0.25) is 14.7 Å². The molecule has 3 heterocycles. The number of carbonyl (C=O) groups excluding carboxylic acids is 1. The van der Waals surface area contributed by atoms with E-state index in [0.29, 0.717) is 29.7 Å². The molecule has 1 amide bonds. The molecule has 0 N–H and O–H groups in total. The monoisotopic (exact) mass is 506 g/mol.